The molecule has 2 aromatic rings. The van der Waals surface area contributed by atoms with Gasteiger partial charge >= 0.3 is 12.1 Å². The van der Waals surface area contributed by atoms with Crippen molar-refractivity contribution in [2.45, 2.75) is 37.8 Å². The zero-order valence-corrected chi connectivity index (χ0v) is 18.2. The maximum absolute atomic E-state index is 12.4. The first-order valence-corrected chi connectivity index (χ1v) is 10.6. The molecular formula is C24H28N2O6. The molecule has 1 aliphatic carbocycles. The summed E-state index contributed by atoms with van der Waals surface area (Å²) in [4.78, 5) is 35.7. The number of carboxylic acids is 1. The monoisotopic (exact) mass is 440 g/mol. The second kappa shape index (κ2) is 10.8. The lowest BCUT2D eigenvalue weighted by Crippen LogP contribution is -2.48. The Kier molecular flexibility index (Phi) is 7.83. The van der Waals surface area contributed by atoms with Crippen molar-refractivity contribution in [3.8, 4) is 11.1 Å². The van der Waals surface area contributed by atoms with Crippen molar-refractivity contribution in [1.29, 1.82) is 0 Å². The number of carbonyl (C=O) groups is 3. The Morgan fingerprint density at radius 1 is 1.03 bits per heavy atom. The molecule has 0 bridgehead atoms. The van der Waals surface area contributed by atoms with Crippen molar-refractivity contribution in [1.82, 2.24) is 10.6 Å². The highest BCUT2D eigenvalue weighted by Crippen LogP contribution is 2.44. The van der Waals surface area contributed by atoms with Gasteiger partial charge in [-0.15, -0.1) is 0 Å². The van der Waals surface area contributed by atoms with Crippen LogP contribution in [0.5, 0.6) is 0 Å². The second-order valence-corrected chi connectivity index (χ2v) is 7.63. The summed E-state index contributed by atoms with van der Waals surface area (Å²) in [6.07, 6.45) is -1.20. The third-order valence-corrected chi connectivity index (χ3v) is 5.60. The number of amides is 2. The molecule has 0 aliphatic heterocycles. The highest BCUT2D eigenvalue weighted by atomic mass is 16.5. The van der Waals surface area contributed by atoms with Crippen LogP contribution >= 0.6 is 0 Å². The van der Waals surface area contributed by atoms with Crippen molar-refractivity contribution in [3.63, 3.8) is 0 Å². The molecule has 3 rings (SSSR count). The predicted molar refractivity (Wildman–Crippen MR) is 118 cm³/mol. The van der Waals surface area contributed by atoms with Crippen LogP contribution in [0.25, 0.3) is 11.1 Å². The van der Waals surface area contributed by atoms with Gasteiger partial charge in [0.15, 0.2) is 0 Å². The summed E-state index contributed by atoms with van der Waals surface area (Å²) in [5.74, 6) is -1.51. The first-order valence-electron chi connectivity index (χ1n) is 10.6. The summed E-state index contributed by atoms with van der Waals surface area (Å²) in [5.41, 5.74) is 4.49. The molecule has 3 N–H and O–H groups in total. The van der Waals surface area contributed by atoms with Crippen molar-refractivity contribution < 1.29 is 29.0 Å². The van der Waals surface area contributed by atoms with Crippen molar-refractivity contribution >= 4 is 18.0 Å². The number of methoxy groups -OCH3 is 1. The number of alkyl carbamates (subject to hydrolysis) is 1. The Bertz CT molecular complexity index is 931. The van der Waals surface area contributed by atoms with Crippen LogP contribution in [0.15, 0.2) is 48.5 Å². The van der Waals surface area contributed by atoms with Crippen LogP contribution in [0, 0.1) is 0 Å². The summed E-state index contributed by atoms with van der Waals surface area (Å²) in [7, 11) is 1.38. The molecule has 2 atom stereocenters. The van der Waals surface area contributed by atoms with Crippen LogP contribution in [0.4, 0.5) is 4.79 Å². The van der Waals surface area contributed by atoms with E-state index in [1.54, 1.807) is 6.92 Å². The van der Waals surface area contributed by atoms with Gasteiger partial charge in [-0.2, -0.15) is 0 Å². The van der Waals surface area contributed by atoms with E-state index in [4.69, 9.17) is 14.6 Å². The molecule has 0 heterocycles. The maximum atomic E-state index is 12.4. The van der Waals surface area contributed by atoms with Crippen LogP contribution in [0.1, 0.15) is 36.8 Å². The largest absolute Gasteiger partial charge is 0.481 e. The smallest absolute Gasteiger partial charge is 0.407 e. The normalized spacial score (nSPS) is 14.1. The fraction of sp³-hybridized carbons (Fsp3) is 0.375. The molecule has 8 heteroatoms. The zero-order chi connectivity index (χ0) is 23.1. The number of rotatable bonds is 10. The van der Waals surface area contributed by atoms with E-state index in [2.05, 4.69) is 22.8 Å². The van der Waals surface area contributed by atoms with Crippen LogP contribution in [-0.4, -0.2) is 55.5 Å². The summed E-state index contributed by atoms with van der Waals surface area (Å²) in [5, 5.41) is 14.1. The molecule has 0 spiro atoms. The van der Waals surface area contributed by atoms with E-state index >= 15 is 0 Å². The average molecular weight is 440 g/mol. The number of carboxylic acid groups (broad SMARTS) is 1. The summed E-state index contributed by atoms with van der Waals surface area (Å²) in [6.45, 7) is 1.95. The molecule has 0 aromatic heterocycles. The molecule has 0 saturated heterocycles. The topological polar surface area (TPSA) is 114 Å². The van der Waals surface area contributed by atoms with Crippen LogP contribution in [0.2, 0.25) is 0 Å². The van der Waals surface area contributed by atoms with E-state index in [-0.39, 0.29) is 25.5 Å². The van der Waals surface area contributed by atoms with Gasteiger partial charge in [0.25, 0.3) is 0 Å². The SMILES string of the molecule is CC[C@@H](NC(=O)OCC1c2ccccc2-c2ccccc21)C(=O)NCC(CC(=O)O)OC. The third-order valence-electron chi connectivity index (χ3n) is 5.60. The van der Waals surface area contributed by atoms with Crippen LogP contribution in [0.3, 0.4) is 0 Å². The van der Waals surface area contributed by atoms with Crippen molar-refractivity contribution in [3.05, 3.63) is 59.7 Å². The van der Waals surface area contributed by atoms with Gasteiger partial charge < -0.3 is 25.2 Å². The molecule has 2 aromatic carbocycles. The number of hydrogen-bond acceptors (Lipinski definition) is 5. The summed E-state index contributed by atoms with van der Waals surface area (Å²) < 4.78 is 10.5. The lowest BCUT2D eigenvalue weighted by Gasteiger charge is -2.20. The van der Waals surface area contributed by atoms with Gasteiger partial charge in [0.05, 0.1) is 12.5 Å². The molecule has 170 valence electrons. The minimum absolute atomic E-state index is 0.0322. The number of aliphatic carboxylic acids is 1. The highest BCUT2D eigenvalue weighted by Gasteiger charge is 2.29. The first kappa shape index (κ1) is 23.3. The lowest BCUT2D eigenvalue weighted by molar-refractivity contribution is -0.140. The predicted octanol–water partition coefficient (Wildman–Crippen LogP) is 2.91. The highest BCUT2D eigenvalue weighted by molar-refractivity contribution is 5.85. The Balaban J connectivity index is 1.56. The summed E-state index contributed by atoms with van der Waals surface area (Å²) in [6, 6.07) is 15.3. The fourth-order valence-electron chi connectivity index (χ4n) is 3.91. The Morgan fingerprint density at radius 2 is 1.62 bits per heavy atom. The number of benzene rings is 2. The van der Waals surface area contributed by atoms with Gasteiger partial charge in [-0.25, -0.2) is 4.79 Å². The number of hydrogen-bond donors (Lipinski definition) is 3. The molecule has 1 unspecified atom stereocenters. The molecular weight excluding hydrogens is 412 g/mol. The van der Waals surface area contributed by atoms with Crippen molar-refractivity contribution in [2.75, 3.05) is 20.3 Å². The maximum Gasteiger partial charge on any atom is 0.407 e. The molecule has 0 saturated carbocycles. The molecule has 32 heavy (non-hydrogen) atoms. The third kappa shape index (κ3) is 5.45. The van der Waals surface area contributed by atoms with E-state index in [1.165, 1.54) is 7.11 Å². The van der Waals surface area contributed by atoms with Gasteiger partial charge in [-0.05, 0) is 28.7 Å². The molecule has 8 nitrogen and oxygen atoms in total. The van der Waals surface area contributed by atoms with E-state index in [0.717, 1.165) is 22.3 Å². The minimum Gasteiger partial charge on any atom is -0.481 e. The molecule has 0 radical (unpaired) electrons. The fourth-order valence-corrected chi connectivity index (χ4v) is 3.91. The van der Waals surface area contributed by atoms with E-state index in [1.807, 2.05) is 36.4 Å². The van der Waals surface area contributed by atoms with Gasteiger partial charge in [-0.1, -0.05) is 55.5 Å². The Morgan fingerprint density at radius 3 is 2.16 bits per heavy atom. The quantitative estimate of drug-likeness (QED) is 0.524. The first-order chi connectivity index (χ1) is 15.4. The Hall–Kier alpha value is -3.39. The van der Waals surface area contributed by atoms with E-state index in [0.29, 0.717) is 6.42 Å². The molecule has 1 aliphatic rings. The van der Waals surface area contributed by atoms with E-state index in [9.17, 15) is 14.4 Å². The van der Waals surface area contributed by atoms with Crippen LogP contribution < -0.4 is 10.6 Å². The number of fused-ring (bicyclic) bond motifs is 3. The van der Waals surface area contributed by atoms with Gasteiger partial charge in [0.1, 0.15) is 12.6 Å². The number of carbonyl (C=O) groups excluding carboxylic acids is 2. The van der Waals surface area contributed by atoms with Gasteiger partial charge in [0, 0.05) is 19.6 Å². The van der Waals surface area contributed by atoms with Crippen molar-refractivity contribution in [2.24, 2.45) is 0 Å². The van der Waals surface area contributed by atoms with Gasteiger partial charge in [-0.3, -0.25) is 9.59 Å². The minimum atomic E-state index is -1.02. The number of nitrogens with one attached hydrogen (secondary N) is 2. The van der Waals surface area contributed by atoms with E-state index < -0.39 is 30.1 Å². The molecule has 0 fully saturated rings. The summed E-state index contributed by atoms with van der Waals surface area (Å²) >= 11 is 0. The van der Waals surface area contributed by atoms with Crippen LogP contribution in [-0.2, 0) is 19.1 Å². The standard InChI is InChI=1S/C24H28N2O6/c1-3-21(23(29)25-13-15(31-2)12-22(27)28)26-24(30)32-14-20-18-10-6-4-8-16(18)17-9-5-7-11-19(17)20/h4-11,15,20-21H,3,12-14H2,1-2H3,(H,25,29)(H,26,30)(H,27,28)/t15?,21-/m1/s1. The van der Waals surface area contributed by atoms with Gasteiger partial charge in [0.2, 0.25) is 5.91 Å². The number of ether oxygens (including phenoxy) is 2. The Labute approximate surface area is 186 Å². The lowest BCUT2D eigenvalue weighted by atomic mass is 9.98. The average Bonchev–Trinajstić information content (AvgIpc) is 3.12. The second-order valence-electron chi connectivity index (χ2n) is 7.63. The zero-order valence-electron chi connectivity index (χ0n) is 18.2. The molecule has 2 amide bonds.